The highest BCUT2D eigenvalue weighted by Crippen LogP contribution is 2.48. The molecule has 34 heteroatoms. The Morgan fingerprint density at radius 3 is 1.35 bits per heavy atom. The first kappa shape index (κ1) is 108. The van der Waals surface area contributed by atoms with Crippen LogP contribution in [0, 0.1) is 42.1 Å². The summed E-state index contributed by atoms with van der Waals surface area (Å²) in [6.45, 7) is 70.4. The molecule has 27 atom stereocenters. The van der Waals surface area contributed by atoms with Gasteiger partial charge in [0.2, 0.25) is 0 Å². The molecule has 6 fully saturated rings. The second-order valence-corrected chi connectivity index (χ2v) is 37.1. The number of ether oxygens (including phenoxy) is 16. The van der Waals surface area contributed by atoms with Crippen molar-refractivity contribution in [3.05, 3.63) is 33.8 Å². The zero-order valence-electron chi connectivity index (χ0n) is 73.5. The second kappa shape index (κ2) is 50.0. The average Bonchev–Trinajstić information content (AvgIpc) is 1.63. The van der Waals surface area contributed by atoms with Gasteiger partial charge >= 0.3 is 20.9 Å². The van der Waals surface area contributed by atoms with Gasteiger partial charge in [0, 0.05) is 82.3 Å². The maximum Gasteiger partial charge on any atom is 0.386 e. The van der Waals surface area contributed by atoms with Crippen LogP contribution in [0.2, 0.25) is 0 Å². The lowest BCUT2D eigenvalue weighted by molar-refractivity contribution is -0.147. The van der Waals surface area contributed by atoms with Crippen LogP contribution in [0.15, 0.2) is 17.0 Å². The summed E-state index contributed by atoms with van der Waals surface area (Å²) in [4.78, 5) is 25.9. The van der Waals surface area contributed by atoms with E-state index in [0.29, 0.717) is 13.0 Å². The standard InChI is InChI=1S/C13H22BNO3.C13H26BO5P.C13H24BO5P.2C13H25BO3.C12H22BN3O3/c1-8(2)16-7-13(15-6)11(17-9(3)4)10(5)12(14)18-13;2*1-8(2)17-12-10(5)13(14)18-11(12)6-7-20(15,16)19-9(3)4;1-8(2)15-7-13(6)11(16-9(3)4)10(5)12(14)17-13;1-7(2)15-10(6)12-11(16-8(3)4)9(5)13(14)17-12;1-7(2)17-6-12(15-16-14)10(18-8(3)4)9(5)11(13)19-12/h8-12H,7H2,1-5H3;8-13H,6-7H2,1-5H3,(H,15,16);6-13H,1-5H3,(H,15,16);8-12H,7H2,1-6H3;7-13H,1-6H3;7-11H,6H2,1-5H3/b;;7-6+;;;/t10-,11?,12+,13+;2*10-,11+,12?,13+;10-,11?,12+,13+;9-,10?,11?,12+,13+;9-,10?,11+,12+/m000000/s1. The summed E-state index contributed by atoms with van der Waals surface area (Å²) < 4.78 is 126. The van der Waals surface area contributed by atoms with Crippen LogP contribution >= 0.6 is 15.2 Å². The summed E-state index contributed by atoms with van der Waals surface area (Å²) in [6.07, 6.45) is 0.220. The van der Waals surface area contributed by atoms with Crippen LogP contribution in [0.3, 0.4) is 0 Å². The first-order chi connectivity index (χ1) is 51.0. The van der Waals surface area contributed by atoms with Gasteiger partial charge in [-0.2, -0.15) is 0 Å². The minimum absolute atomic E-state index is 0.00111. The van der Waals surface area contributed by atoms with Gasteiger partial charge in [-0.25, -0.2) is 6.57 Å². The Hall–Kier alpha value is -1.41. The third-order valence-corrected chi connectivity index (χ3v) is 21.2. The van der Waals surface area contributed by atoms with Crippen LogP contribution in [0.25, 0.3) is 15.3 Å². The topological polar surface area (TPSA) is 294 Å². The Labute approximate surface area is 678 Å². The molecule has 0 spiro atoms. The molecule has 6 rings (SSSR count). The van der Waals surface area contributed by atoms with Crippen molar-refractivity contribution in [1.29, 1.82) is 0 Å². The van der Waals surface area contributed by atoms with Crippen LogP contribution in [0.5, 0.6) is 0 Å². The van der Waals surface area contributed by atoms with Crippen LogP contribution in [0.1, 0.15) is 228 Å². The smallest absolute Gasteiger partial charge is 0.382 e. The fourth-order valence-electron chi connectivity index (χ4n) is 13.1. The quantitative estimate of drug-likeness (QED) is 0.0151. The Balaban J connectivity index is 0.000000667. The van der Waals surface area contributed by atoms with E-state index < -0.39 is 68.5 Å². The highest BCUT2D eigenvalue weighted by Gasteiger charge is 2.60. The summed E-state index contributed by atoms with van der Waals surface area (Å²) >= 11 is 0. The van der Waals surface area contributed by atoms with Crippen LogP contribution in [-0.4, -0.2) is 270 Å². The molecule has 2 N–H and O–H groups in total. The monoisotopic (exact) mass is 1610 g/mol. The van der Waals surface area contributed by atoms with Gasteiger partial charge < -0.3 is 94.6 Å². The fraction of sp³-hybridized carbons (Fsp3) is 0.961. The van der Waals surface area contributed by atoms with Gasteiger partial charge in [-0.3, -0.25) is 14.0 Å². The highest BCUT2D eigenvalue weighted by molar-refractivity contribution is 7.56. The fourth-order valence-corrected chi connectivity index (χ4v) is 15.5. The number of hydrogen-bond donors (Lipinski definition) is 2. The normalized spacial score (nSPS) is 35.4. The van der Waals surface area contributed by atoms with E-state index >= 15 is 0 Å². The lowest BCUT2D eigenvalue weighted by atomic mass is 9.83. The first-order valence-electron chi connectivity index (χ1n) is 40.1. The van der Waals surface area contributed by atoms with Gasteiger partial charge in [0.05, 0.1) is 135 Å². The molecule has 6 heterocycles. The van der Waals surface area contributed by atoms with Crippen LogP contribution in [-0.2, 0) is 94.0 Å². The van der Waals surface area contributed by atoms with Gasteiger partial charge in [-0.05, 0) is 198 Å². The Morgan fingerprint density at radius 2 is 0.874 bits per heavy atom. The van der Waals surface area contributed by atoms with E-state index in [1.54, 1.807) is 27.7 Å². The van der Waals surface area contributed by atoms with Crippen molar-refractivity contribution in [2.45, 2.75) is 415 Å². The average molecular weight is 1600 g/mol. The predicted octanol–water partition coefficient (Wildman–Crippen LogP) is 13.3. The Bertz CT molecular complexity index is 2820. The summed E-state index contributed by atoms with van der Waals surface area (Å²) in [5.41, 5.74) is 6.05. The number of hydrogen-bond acceptors (Lipinski definition) is 21. The Morgan fingerprint density at radius 1 is 0.468 bits per heavy atom. The second-order valence-electron chi connectivity index (χ2n) is 33.6. The summed E-state index contributed by atoms with van der Waals surface area (Å²) in [5.74, 6) is 1.49. The van der Waals surface area contributed by atoms with Gasteiger partial charge in [0.25, 0.3) is 0 Å². The third kappa shape index (κ3) is 37.0. The third-order valence-electron chi connectivity index (χ3n) is 18.4. The van der Waals surface area contributed by atoms with Gasteiger partial charge in [0.15, 0.2) is 18.4 Å². The summed E-state index contributed by atoms with van der Waals surface area (Å²) in [5, 5.41) is 3.79. The molecular weight excluding hydrogens is 1460 g/mol. The van der Waals surface area contributed by atoms with Crippen molar-refractivity contribution in [2.24, 2.45) is 40.6 Å². The molecule has 0 aliphatic carbocycles. The molecule has 632 valence electrons. The first-order valence-corrected chi connectivity index (χ1v) is 43.5. The predicted molar refractivity (Wildman–Crippen MR) is 439 cm³/mol. The number of rotatable bonds is 34. The van der Waals surface area contributed by atoms with Gasteiger partial charge in [0.1, 0.15) is 64.9 Å². The van der Waals surface area contributed by atoms with E-state index in [2.05, 4.69) is 28.7 Å². The molecule has 0 aromatic heterocycles. The SMILES string of the molecule is [B][C@@H]1O[C@@](COC(C)C)(N=[N+]=[N-])C(OC(C)C)[C@@H]1C.[B][C@@H]1O[C@@](COC(C)C)([N+]#[C-])C(OC(C)C)[C@@H]1C.[B][C@@H]1O[C@H](/C=C/P(=O)(O)OC(C)C)C(OC(C)C)[C@@H]1C.[B][C@@H]1O[C@H](C(C)OC(C)C)C(OC(C)C)[C@@H]1C.[B][C@@H]1O[C@H](CCP(=O)(O)OC(C)C)C(OC(C)C)[C@@H]1C.[B][C@@H]1O[C@](C)(COC(C)C)C(OC(C)C)[C@@H]1C. The van der Waals surface area contributed by atoms with Crippen molar-refractivity contribution < 1.29 is 104 Å². The molecular formula is C77H144B6N4O22P2. The van der Waals surface area contributed by atoms with E-state index in [0.717, 1.165) is 5.82 Å². The van der Waals surface area contributed by atoms with Crippen molar-refractivity contribution in [1.82, 2.24) is 0 Å². The van der Waals surface area contributed by atoms with Gasteiger partial charge in [-0.15, -0.1) is 0 Å². The molecule has 9 unspecified atom stereocenters. The molecule has 0 saturated carbocycles. The van der Waals surface area contributed by atoms with E-state index in [4.69, 9.17) is 144 Å². The molecule has 0 bridgehead atoms. The zero-order chi connectivity index (χ0) is 85.9. The molecule has 111 heavy (non-hydrogen) atoms. The zero-order valence-corrected chi connectivity index (χ0v) is 75.3. The molecule has 0 aromatic rings. The van der Waals surface area contributed by atoms with E-state index in [1.807, 2.05) is 180 Å². The minimum Gasteiger partial charge on any atom is -0.382 e. The van der Waals surface area contributed by atoms with E-state index in [-0.39, 0.29) is 189 Å². The van der Waals surface area contributed by atoms with Crippen LogP contribution < -0.4 is 0 Å². The van der Waals surface area contributed by atoms with E-state index in [9.17, 15) is 18.9 Å². The van der Waals surface area contributed by atoms with Crippen molar-refractivity contribution in [3.8, 4) is 0 Å². The van der Waals surface area contributed by atoms with Crippen molar-refractivity contribution in [2.75, 3.05) is 26.0 Å². The molecule has 0 aromatic carbocycles. The summed E-state index contributed by atoms with van der Waals surface area (Å²) in [6, 6.07) is -2.41. The summed E-state index contributed by atoms with van der Waals surface area (Å²) in [7, 11) is 28.1. The van der Waals surface area contributed by atoms with E-state index in [1.165, 1.54) is 6.08 Å². The molecule has 0 amide bonds. The number of azide groups is 1. The maximum atomic E-state index is 11.9. The minimum atomic E-state index is -3.76. The molecule has 6 aliphatic rings. The molecule has 26 nitrogen and oxygen atoms in total. The van der Waals surface area contributed by atoms with Crippen molar-refractivity contribution >= 4 is 62.3 Å². The largest absolute Gasteiger partial charge is 0.386 e. The highest BCUT2D eigenvalue weighted by atomic mass is 31.2. The molecule has 12 radical (unpaired) electrons. The Kier molecular flexibility index (Phi) is 48.4. The maximum absolute atomic E-state index is 11.9. The van der Waals surface area contributed by atoms with Crippen molar-refractivity contribution in [3.63, 3.8) is 0 Å². The lowest BCUT2D eigenvalue weighted by Crippen LogP contribution is -2.46. The van der Waals surface area contributed by atoms with Gasteiger partial charge in [-0.1, -0.05) is 46.7 Å². The number of nitrogens with zero attached hydrogens (tertiary/aromatic N) is 4. The molecule has 6 saturated heterocycles. The molecule has 6 aliphatic heterocycles. The van der Waals surface area contributed by atoms with Crippen LogP contribution in [0.4, 0.5) is 0 Å². The lowest BCUT2D eigenvalue weighted by Gasteiger charge is -2.33.